The van der Waals surface area contributed by atoms with Crippen molar-refractivity contribution in [3.05, 3.63) is 35.2 Å². The van der Waals surface area contributed by atoms with Gasteiger partial charge in [-0.25, -0.2) is 4.79 Å². The molecule has 0 aliphatic carbocycles. The average Bonchev–Trinajstić information content (AvgIpc) is 3.12. The number of carbonyl (C=O) groups is 2. The second-order valence-electron chi connectivity index (χ2n) is 8.28. The molecular weight excluding hydrogens is 414 g/mol. The van der Waals surface area contributed by atoms with Crippen molar-refractivity contribution in [2.24, 2.45) is 5.92 Å². The van der Waals surface area contributed by atoms with Gasteiger partial charge in [0, 0.05) is 26.2 Å². The van der Waals surface area contributed by atoms with E-state index in [4.69, 9.17) is 4.74 Å². The molecule has 0 atom stereocenters. The van der Waals surface area contributed by atoms with Gasteiger partial charge in [-0.3, -0.25) is 9.36 Å². The van der Waals surface area contributed by atoms with E-state index < -0.39 is 0 Å². The first-order chi connectivity index (χ1) is 14.8. The lowest BCUT2D eigenvalue weighted by molar-refractivity contribution is -0.129. The van der Waals surface area contributed by atoms with Crippen LogP contribution < -0.4 is 0 Å². The van der Waals surface area contributed by atoms with Crippen LogP contribution in [0.2, 0.25) is 0 Å². The summed E-state index contributed by atoms with van der Waals surface area (Å²) in [5, 5.41) is 9.21. The Morgan fingerprint density at radius 3 is 2.42 bits per heavy atom. The molecule has 1 aromatic carbocycles. The van der Waals surface area contributed by atoms with Gasteiger partial charge >= 0.3 is 6.09 Å². The van der Waals surface area contributed by atoms with Crippen LogP contribution in [-0.2, 0) is 9.53 Å². The van der Waals surface area contributed by atoms with Gasteiger partial charge in [-0.05, 0) is 43.9 Å². The maximum Gasteiger partial charge on any atom is 0.409 e. The highest BCUT2D eigenvalue weighted by Gasteiger charge is 2.25. The van der Waals surface area contributed by atoms with Crippen LogP contribution in [0.1, 0.15) is 30.8 Å². The largest absolute Gasteiger partial charge is 0.449 e. The quantitative estimate of drug-likeness (QED) is 0.635. The van der Waals surface area contributed by atoms with Crippen molar-refractivity contribution in [2.45, 2.75) is 39.8 Å². The van der Waals surface area contributed by atoms with Crippen LogP contribution in [0.15, 0.2) is 23.4 Å². The van der Waals surface area contributed by atoms with Crippen LogP contribution in [0.5, 0.6) is 0 Å². The standard InChI is InChI=1S/C22H31N5O3S/c1-15(2)13-30-22(29)26-10-8-25(9-11-26)20(28)14-31-21-24-23-18(5)27(21)19-12-16(3)6-7-17(19)4/h6-7,12,15H,8-11,13-14H2,1-5H3. The summed E-state index contributed by atoms with van der Waals surface area (Å²) in [5.41, 5.74) is 3.32. The molecule has 8 nitrogen and oxygen atoms in total. The highest BCUT2D eigenvalue weighted by molar-refractivity contribution is 7.99. The molecule has 1 aliphatic heterocycles. The zero-order valence-electron chi connectivity index (χ0n) is 18.9. The van der Waals surface area contributed by atoms with Crippen molar-refractivity contribution in [3.63, 3.8) is 0 Å². The number of nitrogens with zero attached hydrogens (tertiary/aromatic N) is 5. The number of thioether (sulfide) groups is 1. The molecule has 1 saturated heterocycles. The zero-order valence-corrected chi connectivity index (χ0v) is 19.7. The molecule has 0 spiro atoms. The summed E-state index contributed by atoms with van der Waals surface area (Å²) >= 11 is 1.39. The molecule has 0 N–H and O–H groups in total. The third-order valence-corrected chi connectivity index (χ3v) is 6.07. The van der Waals surface area contributed by atoms with Crippen molar-refractivity contribution >= 4 is 23.8 Å². The fourth-order valence-electron chi connectivity index (χ4n) is 3.36. The first-order valence-electron chi connectivity index (χ1n) is 10.6. The molecule has 0 unspecified atom stereocenters. The molecule has 2 aromatic rings. The van der Waals surface area contributed by atoms with Crippen LogP contribution in [0.4, 0.5) is 4.79 Å². The minimum atomic E-state index is -0.299. The molecule has 2 amide bonds. The van der Waals surface area contributed by atoms with Crippen molar-refractivity contribution in [1.82, 2.24) is 24.6 Å². The summed E-state index contributed by atoms with van der Waals surface area (Å²) in [5.74, 6) is 1.41. The summed E-state index contributed by atoms with van der Waals surface area (Å²) in [7, 11) is 0. The molecule has 1 aliphatic rings. The third kappa shape index (κ3) is 5.78. The van der Waals surface area contributed by atoms with E-state index in [0.29, 0.717) is 43.9 Å². The van der Waals surface area contributed by atoms with Crippen molar-refractivity contribution in [1.29, 1.82) is 0 Å². The van der Waals surface area contributed by atoms with Gasteiger partial charge in [-0.1, -0.05) is 37.7 Å². The number of piperazine rings is 1. The van der Waals surface area contributed by atoms with Gasteiger partial charge in [-0.15, -0.1) is 10.2 Å². The van der Waals surface area contributed by atoms with E-state index in [2.05, 4.69) is 42.2 Å². The Morgan fingerprint density at radius 2 is 1.74 bits per heavy atom. The molecule has 3 rings (SSSR count). The molecule has 0 saturated carbocycles. The van der Waals surface area contributed by atoms with Gasteiger partial charge in [0.25, 0.3) is 0 Å². The highest BCUT2D eigenvalue weighted by atomic mass is 32.2. The maximum absolute atomic E-state index is 12.8. The Labute approximate surface area is 187 Å². The third-order valence-electron chi connectivity index (χ3n) is 5.16. The molecule has 168 valence electrons. The lowest BCUT2D eigenvalue weighted by Gasteiger charge is -2.34. The number of rotatable bonds is 6. The lowest BCUT2D eigenvalue weighted by Crippen LogP contribution is -2.51. The van der Waals surface area contributed by atoms with Crippen LogP contribution in [0.25, 0.3) is 5.69 Å². The van der Waals surface area contributed by atoms with Crippen molar-refractivity contribution in [2.75, 3.05) is 38.5 Å². The van der Waals surface area contributed by atoms with E-state index in [-0.39, 0.29) is 17.8 Å². The molecule has 31 heavy (non-hydrogen) atoms. The van der Waals surface area contributed by atoms with Gasteiger partial charge in [0.1, 0.15) is 5.82 Å². The number of hydrogen-bond donors (Lipinski definition) is 0. The Bertz CT molecular complexity index is 935. The van der Waals surface area contributed by atoms with Crippen LogP contribution in [0, 0.1) is 26.7 Å². The van der Waals surface area contributed by atoms with E-state index in [1.807, 2.05) is 25.3 Å². The summed E-state index contributed by atoms with van der Waals surface area (Å²) in [6.07, 6.45) is -0.299. The Morgan fingerprint density at radius 1 is 1.06 bits per heavy atom. The number of aromatic nitrogens is 3. The molecule has 0 radical (unpaired) electrons. The fraction of sp³-hybridized carbons (Fsp3) is 0.545. The normalized spacial score (nSPS) is 14.3. The number of amides is 2. The Hall–Kier alpha value is -2.55. The lowest BCUT2D eigenvalue weighted by atomic mass is 10.1. The number of carbonyl (C=O) groups excluding carboxylic acids is 2. The van der Waals surface area contributed by atoms with E-state index in [0.717, 1.165) is 22.6 Å². The van der Waals surface area contributed by atoms with Crippen LogP contribution in [0.3, 0.4) is 0 Å². The summed E-state index contributed by atoms with van der Waals surface area (Å²) < 4.78 is 7.28. The first kappa shape index (κ1) is 23.1. The summed E-state index contributed by atoms with van der Waals surface area (Å²) in [6.45, 7) is 12.5. The molecule has 2 heterocycles. The SMILES string of the molecule is Cc1ccc(C)c(-n2c(C)nnc2SCC(=O)N2CCN(C(=O)OCC(C)C)CC2)c1. The average molecular weight is 446 g/mol. The number of hydrogen-bond acceptors (Lipinski definition) is 6. The van der Waals surface area contributed by atoms with E-state index in [1.54, 1.807) is 9.80 Å². The summed E-state index contributed by atoms with van der Waals surface area (Å²) in [4.78, 5) is 28.3. The maximum atomic E-state index is 12.8. The number of benzene rings is 1. The van der Waals surface area contributed by atoms with Gasteiger partial charge in [0.15, 0.2) is 5.16 Å². The minimum Gasteiger partial charge on any atom is -0.449 e. The monoisotopic (exact) mass is 445 g/mol. The number of aryl methyl sites for hydroxylation is 3. The second kappa shape index (κ2) is 10.2. The molecule has 1 fully saturated rings. The van der Waals surface area contributed by atoms with E-state index in [9.17, 15) is 9.59 Å². The Balaban J connectivity index is 1.57. The topological polar surface area (TPSA) is 80.6 Å². The first-order valence-corrected chi connectivity index (χ1v) is 11.6. The van der Waals surface area contributed by atoms with E-state index in [1.165, 1.54) is 11.8 Å². The van der Waals surface area contributed by atoms with Crippen molar-refractivity contribution in [3.8, 4) is 5.69 Å². The second-order valence-corrected chi connectivity index (χ2v) is 9.22. The van der Waals surface area contributed by atoms with Gasteiger partial charge in [0.2, 0.25) is 5.91 Å². The van der Waals surface area contributed by atoms with E-state index >= 15 is 0 Å². The fourth-order valence-corrected chi connectivity index (χ4v) is 4.25. The van der Waals surface area contributed by atoms with Gasteiger partial charge in [0.05, 0.1) is 18.0 Å². The zero-order chi connectivity index (χ0) is 22.5. The smallest absolute Gasteiger partial charge is 0.409 e. The predicted octanol–water partition coefficient (Wildman–Crippen LogP) is 3.22. The summed E-state index contributed by atoms with van der Waals surface area (Å²) in [6, 6.07) is 6.26. The molecule has 0 bridgehead atoms. The van der Waals surface area contributed by atoms with Crippen LogP contribution in [-0.4, -0.2) is 75.1 Å². The van der Waals surface area contributed by atoms with Crippen LogP contribution >= 0.6 is 11.8 Å². The molecular formula is C22H31N5O3S. The van der Waals surface area contributed by atoms with Gasteiger partial charge < -0.3 is 14.5 Å². The van der Waals surface area contributed by atoms with Crippen molar-refractivity contribution < 1.29 is 14.3 Å². The minimum absolute atomic E-state index is 0.0355. The molecule has 9 heteroatoms. The Kier molecular flexibility index (Phi) is 7.59. The number of ether oxygens (including phenoxy) is 1. The highest BCUT2D eigenvalue weighted by Crippen LogP contribution is 2.25. The van der Waals surface area contributed by atoms with Gasteiger partial charge in [-0.2, -0.15) is 0 Å². The predicted molar refractivity (Wildman–Crippen MR) is 121 cm³/mol. The molecule has 1 aromatic heterocycles.